The van der Waals surface area contributed by atoms with Crippen LogP contribution in [0.2, 0.25) is 0 Å². The fraction of sp³-hybridized carbons (Fsp3) is 0.407. The van der Waals surface area contributed by atoms with Crippen LogP contribution >= 0.6 is 0 Å². The zero-order chi connectivity index (χ0) is 24.3. The highest BCUT2D eigenvalue weighted by molar-refractivity contribution is 6.03. The highest BCUT2D eigenvalue weighted by Gasteiger charge is 2.63. The third-order valence-corrected chi connectivity index (χ3v) is 6.94. The van der Waals surface area contributed by atoms with Crippen LogP contribution in [0.4, 0.5) is 4.79 Å². The SMILES string of the molecule is CCC[C@@H](NC(=O)N1C(=O)C(CC)(CC)[C@@H]1Oc1ccc(CO)cc1)c1ccc2occc2c1. The Labute approximate surface area is 199 Å². The molecular weight excluding hydrogens is 432 g/mol. The van der Waals surface area contributed by atoms with Crippen molar-refractivity contribution in [2.75, 3.05) is 0 Å². The van der Waals surface area contributed by atoms with E-state index in [4.69, 9.17) is 9.15 Å². The van der Waals surface area contributed by atoms with Gasteiger partial charge >= 0.3 is 6.03 Å². The lowest BCUT2D eigenvalue weighted by molar-refractivity contribution is -0.191. The van der Waals surface area contributed by atoms with Gasteiger partial charge in [0.25, 0.3) is 0 Å². The Kier molecular flexibility index (Phi) is 6.93. The van der Waals surface area contributed by atoms with Crippen LogP contribution in [0.5, 0.6) is 5.75 Å². The first kappa shape index (κ1) is 23.8. The number of nitrogens with zero attached hydrogens (tertiary/aromatic N) is 1. The van der Waals surface area contributed by atoms with E-state index < -0.39 is 17.7 Å². The van der Waals surface area contributed by atoms with Gasteiger partial charge in [-0.2, -0.15) is 0 Å². The number of ether oxygens (including phenoxy) is 1. The van der Waals surface area contributed by atoms with Crippen LogP contribution in [-0.2, 0) is 11.4 Å². The van der Waals surface area contributed by atoms with Gasteiger partial charge in [-0.1, -0.05) is 45.4 Å². The van der Waals surface area contributed by atoms with E-state index in [1.54, 1.807) is 30.5 Å². The molecule has 0 saturated carbocycles. The number of carbonyl (C=O) groups excluding carboxylic acids is 2. The predicted octanol–water partition coefficient (Wildman–Crippen LogP) is 5.53. The molecule has 2 N–H and O–H groups in total. The number of benzene rings is 2. The second-order valence-corrected chi connectivity index (χ2v) is 8.82. The van der Waals surface area contributed by atoms with E-state index in [1.165, 1.54) is 4.90 Å². The molecule has 0 radical (unpaired) electrons. The second kappa shape index (κ2) is 9.89. The fourth-order valence-corrected chi connectivity index (χ4v) is 4.73. The molecule has 34 heavy (non-hydrogen) atoms. The van der Waals surface area contributed by atoms with Crippen molar-refractivity contribution in [3.63, 3.8) is 0 Å². The number of furan rings is 1. The van der Waals surface area contributed by atoms with Crippen molar-refractivity contribution >= 4 is 22.9 Å². The van der Waals surface area contributed by atoms with Crippen molar-refractivity contribution in [3.05, 3.63) is 65.9 Å². The van der Waals surface area contributed by atoms with Gasteiger partial charge in [0.05, 0.1) is 18.9 Å². The predicted molar refractivity (Wildman–Crippen MR) is 129 cm³/mol. The van der Waals surface area contributed by atoms with E-state index in [9.17, 15) is 14.7 Å². The number of nitrogens with one attached hydrogen (secondary N) is 1. The molecule has 0 bridgehead atoms. The summed E-state index contributed by atoms with van der Waals surface area (Å²) >= 11 is 0. The molecule has 3 amide bonds. The molecule has 0 spiro atoms. The van der Waals surface area contributed by atoms with Gasteiger partial charge in [0.15, 0.2) is 6.23 Å². The molecule has 7 heteroatoms. The molecule has 2 aromatic carbocycles. The van der Waals surface area contributed by atoms with Gasteiger partial charge in [-0.05, 0) is 60.7 Å². The topological polar surface area (TPSA) is 92.0 Å². The Balaban J connectivity index is 1.57. The number of carbonyl (C=O) groups is 2. The van der Waals surface area contributed by atoms with Gasteiger partial charge in [-0.15, -0.1) is 0 Å². The van der Waals surface area contributed by atoms with E-state index >= 15 is 0 Å². The molecule has 0 unspecified atom stereocenters. The number of hydrogen-bond acceptors (Lipinski definition) is 5. The summed E-state index contributed by atoms with van der Waals surface area (Å²) < 4.78 is 11.6. The van der Waals surface area contributed by atoms with Crippen LogP contribution in [-0.4, -0.2) is 28.2 Å². The Morgan fingerprint density at radius 3 is 2.53 bits per heavy atom. The summed E-state index contributed by atoms with van der Waals surface area (Å²) in [5.74, 6) is 0.335. The zero-order valence-corrected chi connectivity index (χ0v) is 19.9. The molecule has 180 valence electrons. The Morgan fingerprint density at radius 2 is 1.88 bits per heavy atom. The number of imide groups is 1. The molecule has 2 atom stereocenters. The van der Waals surface area contributed by atoms with Crippen molar-refractivity contribution in [1.29, 1.82) is 0 Å². The summed E-state index contributed by atoms with van der Waals surface area (Å²) in [6, 6.07) is 14.1. The van der Waals surface area contributed by atoms with Crippen LogP contribution < -0.4 is 10.1 Å². The van der Waals surface area contributed by atoms with Crippen LogP contribution in [0.3, 0.4) is 0 Å². The van der Waals surface area contributed by atoms with E-state index in [0.29, 0.717) is 18.6 Å². The largest absolute Gasteiger partial charge is 0.469 e. The Bertz CT molecular complexity index is 1150. The van der Waals surface area contributed by atoms with Crippen LogP contribution in [0.25, 0.3) is 11.0 Å². The quantitative estimate of drug-likeness (QED) is 0.406. The summed E-state index contributed by atoms with van der Waals surface area (Å²) in [6.45, 7) is 5.89. The average molecular weight is 465 g/mol. The highest BCUT2D eigenvalue weighted by Crippen LogP contribution is 2.46. The fourth-order valence-electron chi connectivity index (χ4n) is 4.73. The molecule has 2 heterocycles. The Morgan fingerprint density at radius 1 is 1.15 bits per heavy atom. The van der Waals surface area contributed by atoms with Gasteiger partial charge in [0, 0.05) is 5.39 Å². The number of aliphatic hydroxyl groups excluding tert-OH is 1. The molecule has 0 aliphatic carbocycles. The zero-order valence-electron chi connectivity index (χ0n) is 19.9. The highest BCUT2D eigenvalue weighted by atomic mass is 16.5. The number of amides is 3. The molecule has 4 rings (SSSR count). The van der Waals surface area contributed by atoms with Gasteiger partial charge in [0.1, 0.15) is 16.7 Å². The number of β-lactam (4-membered cyclic amide) rings is 1. The smallest absolute Gasteiger partial charge is 0.327 e. The van der Waals surface area contributed by atoms with Gasteiger partial charge < -0.3 is 19.6 Å². The minimum Gasteiger partial charge on any atom is -0.469 e. The van der Waals surface area contributed by atoms with Crippen LogP contribution in [0.1, 0.15) is 63.6 Å². The minimum atomic E-state index is -0.747. The third kappa shape index (κ3) is 4.16. The number of fused-ring (bicyclic) bond motifs is 1. The number of aliphatic hydroxyl groups is 1. The minimum absolute atomic E-state index is 0.0615. The maximum absolute atomic E-state index is 13.4. The number of likely N-dealkylation sites (tertiary alicyclic amines) is 1. The van der Waals surface area contributed by atoms with Crippen molar-refractivity contribution in [2.45, 2.75) is 65.3 Å². The molecular formula is C27H32N2O5. The molecule has 1 aliphatic heterocycles. The van der Waals surface area contributed by atoms with E-state index in [-0.39, 0.29) is 18.6 Å². The third-order valence-electron chi connectivity index (χ3n) is 6.94. The van der Waals surface area contributed by atoms with Crippen molar-refractivity contribution in [1.82, 2.24) is 10.2 Å². The lowest BCUT2D eigenvalue weighted by Crippen LogP contribution is -2.73. The maximum Gasteiger partial charge on any atom is 0.327 e. The first-order valence-corrected chi connectivity index (χ1v) is 11.9. The Hall–Kier alpha value is -3.32. The molecule has 3 aromatic rings. The molecule has 1 fully saturated rings. The van der Waals surface area contributed by atoms with Crippen LogP contribution in [0, 0.1) is 5.41 Å². The van der Waals surface area contributed by atoms with Gasteiger partial charge in [-0.3, -0.25) is 4.79 Å². The average Bonchev–Trinajstić information content (AvgIpc) is 3.33. The van der Waals surface area contributed by atoms with E-state index in [1.807, 2.05) is 38.1 Å². The first-order valence-electron chi connectivity index (χ1n) is 11.9. The standard InChI is InChI=1S/C27H32N2O5/c1-4-7-22(19-10-13-23-20(16-19)14-15-33-23)28-26(32)29-24(31)27(5-2,6-3)25(29)34-21-11-8-18(17-30)9-12-21/h8-16,22,25,30H,4-7,17H2,1-3H3,(H,28,32)/t22-,25+/m1/s1. The summed E-state index contributed by atoms with van der Waals surface area (Å²) in [5.41, 5.74) is 1.77. The van der Waals surface area contributed by atoms with Crippen molar-refractivity contribution in [2.24, 2.45) is 5.41 Å². The normalized spacial score (nSPS) is 17.9. The second-order valence-electron chi connectivity index (χ2n) is 8.82. The maximum atomic E-state index is 13.4. The first-order chi connectivity index (χ1) is 16.5. The lowest BCUT2D eigenvalue weighted by Gasteiger charge is -2.53. The van der Waals surface area contributed by atoms with Crippen molar-refractivity contribution < 1.29 is 23.8 Å². The monoisotopic (exact) mass is 464 g/mol. The lowest BCUT2D eigenvalue weighted by atomic mass is 9.72. The van der Waals surface area contributed by atoms with Gasteiger partial charge in [0.2, 0.25) is 5.91 Å². The van der Waals surface area contributed by atoms with E-state index in [2.05, 4.69) is 12.2 Å². The molecule has 1 aliphatic rings. The molecule has 1 saturated heterocycles. The van der Waals surface area contributed by atoms with Crippen LogP contribution in [0.15, 0.2) is 59.2 Å². The summed E-state index contributed by atoms with van der Waals surface area (Å²) in [6.07, 6.45) is 3.69. The summed E-state index contributed by atoms with van der Waals surface area (Å²) in [7, 11) is 0. The van der Waals surface area contributed by atoms with E-state index in [0.717, 1.165) is 34.9 Å². The number of urea groups is 1. The number of hydrogen-bond donors (Lipinski definition) is 2. The summed E-state index contributed by atoms with van der Waals surface area (Å²) in [4.78, 5) is 27.8. The molecule has 1 aromatic heterocycles. The van der Waals surface area contributed by atoms with Crippen molar-refractivity contribution in [3.8, 4) is 5.75 Å². The molecule has 7 nitrogen and oxygen atoms in total. The number of rotatable bonds is 9. The summed E-state index contributed by atoms with van der Waals surface area (Å²) in [5, 5.41) is 13.3. The van der Waals surface area contributed by atoms with Gasteiger partial charge in [-0.25, -0.2) is 9.69 Å².